The van der Waals surface area contributed by atoms with E-state index in [1.54, 1.807) is 0 Å². The van der Waals surface area contributed by atoms with Gasteiger partial charge in [-0.05, 0) is 68.1 Å². The quantitative estimate of drug-likeness (QED) is 0.555. The standard InChI is InChI=1S/C20H22N4OS2/c1-12-5-6-14(3)17(9-12)22-18(25)11-26-20-24-23-19(27-20)21-16-8-7-13(2)15(4)10-16/h5-10H,11H2,1-4H3,(H,21,23)(H,22,25). The summed E-state index contributed by atoms with van der Waals surface area (Å²) in [4.78, 5) is 12.2. The Balaban J connectivity index is 1.55. The van der Waals surface area contributed by atoms with Gasteiger partial charge in [0.15, 0.2) is 4.34 Å². The molecule has 5 nitrogen and oxygen atoms in total. The molecular formula is C20H22N4OS2. The van der Waals surface area contributed by atoms with Crippen molar-refractivity contribution in [3.8, 4) is 0 Å². The highest BCUT2D eigenvalue weighted by molar-refractivity contribution is 8.01. The van der Waals surface area contributed by atoms with Crippen molar-refractivity contribution in [1.29, 1.82) is 0 Å². The SMILES string of the molecule is Cc1ccc(C)c(NC(=O)CSc2nnc(Nc3ccc(C)c(C)c3)s2)c1. The van der Waals surface area contributed by atoms with Crippen molar-refractivity contribution in [3.63, 3.8) is 0 Å². The van der Waals surface area contributed by atoms with E-state index in [9.17, 15) is 4.79 Å². The molecule has 0 radical (unpaired) electrons. The molecule has 0 atom stereocenters. The zero-order valence-corrected chi connectivity index (χ0v) is 17.4. The van der Waals surface area contributed by atoms with Crippen LogP contribution in [0, 0.1) is 27.7 Å². The first-order valence-corrected chi connectivity index (χ1v) is 10.4. The number of amides is 1. The highest BCUT2D eigenvalue weighted by Gasteiger charge is 2.10. The van der Waals surface area contributed by atoms with Gasteiger partial charge in [-0.3, -0.25) is 4.79 Å². The topological polar surface area (TPSA) is 66.9 Å². The van der Waals surface area contributed by atoms with Crippen LogP contribution in [0.3, 0.4) is 0 Å². The van der Waals surface area contributed by atoms with Crippen molar-refractivity contribution in [2.24, 2.45) is 0 Å². The summed E-state index contributed by atoms with van der Waals surface area (Å²) in [5.41, 5.74) is 6.49. The van der Waals surface area contributed by atoms with Crippen LogP contribution in [0.1, 0.15) is 22.3 Å². The Kier molecular flexibility index (Phi) is 6.13. The summed E-state index contributed by atoms with van der Waals surface area (Å²) in [5.74, 6) is 0.249. The van der Waals surface area contributed by atoms with E-state index >= 15 is 0 Å². The lowest BCUT2D eigenvalue weighted by Gasteiger charge is -2.08. The van der Waals surface area contributed by atoms with Gasteiger partial charge in [-0.15, -0.1) is 10.2 Å². The number of aryl methyl sites for hydroxylation is 4. The minimum absolute atomic E-state index is 0.0485. The van der Waals surface area contributed by atoms with E-state index in [0.29, 0.717) is 5.75 Å². The van der Waals surface area contributed by atoms with Gasteiger partial charge in [-0.1, -0.05) is 41.3 Å². The van der Waals surface area contributed by atoms with Gasteiger partial charge in [-0.25, -0.2) is 0 Å². The second-order valence-electron chi connectivity index (χ2n) is 6.45. The summed E-state index contributed by atoms with van der Waals surface area (Å²) in [7, 11) is 0. The minimum atomic E-state index is -0.0485. The van der Waals surface area contributed by atoms with Gasteiger partial charge in [0.05, 0.1) is 5.75 Å². The Hall–Kier alpha value is -2.38. The smallest absolute Gasteiger partial charge is 0.234 e. The van der Waals surface area contributed by atoms with E-state index in [1.165, 1.54) is 34.2 Å². The van der Waals surface area contributed by atoms with Gasteiger partial charge in [0.1, 0.15) is 0 Å². The number of rotatable bonds is 6. The molecule has 0 unspecified atom stereocenters. The summed E-state index contributed by atoms with van der Waals surface area (Å²) in [6.07, 6.45) is 0. The summed E-state index contributed by atoms with van der Waals surface area (Å²) in [6, 6.07) is 12.2. The Morgan fingerprint density at radius 3 is 2.56 bits per heavy atom. The van der Waals surface area contributed by atoms with Crippen LogP contribution in [0.4, 0.5) is 16.5 Å². The number of nitrogens with zero attached hydrogens (tertiary/aromatic N) is 2. The molecule has 0 fully saturated rings. The number of nitrogens with one attached hydrogen (secondary N) is 2. The molecule has 1 aromatic heterocycles. The minimum Gasteiger partial charge on any atom is -0.330 e. The lowest BCUT2D eigenvalue weighted by atomic mass is 10.1. The van der Waals surface area contributed by atoms with Crippen LogP contribution in [0.25, 0.3) is 0 Å². The maximum absolute atomic E-state index is 12.2. The van der Waals surface area contributed by atoms with Gasteiger partial charge in [0.25, 0.3) is 0 Å². The molecule has 1 amide bonds. The van der Waals surface area contributed by atoms with Crippen molar-refractivity contribution in [1.82, 2.24) is 10.2 Å². The van der Waals surface area contributed by atoms with Crippen LogP contribution in [-0.4, -0.2) is 21.9 Å². The normalized spacial score (nSPS) is 10.7. The first kappa shape index (κ1) is 19.4. The fraction of sp³-hybridized carbons (Fsp3) is 0.250. The van der Waals surface area contributed by atoms with Crippen LogP contribution in [0.5, 0.6) is 0 Å². The Labute approximate surface area is 167 Å². The summed E-state index contributed by atoms with van der Waals surface area (Å²) >= 11 is 2.83. The summed E-state index contributed by atoms with van der Waals surface area (Å²) in [5, 5.41) is 15.3. The Bertz CT molecular complexity index is 968. The monoisotopic (exact) mass is 398 g/mol. The fourth-order valence-electron chi connectivity index (χ4n) is 2.45. The van der Waals surface area contributed by atoms with E-state index in [0.717, 1.165) is 32.0 Å². The van der Waals surface area contributed by atoms with E-state index in [2.05, 4.69) is 46.8 Å². The number of anilines is 3. The number of carbonyl (C=O) groups is 1. The molecule has 0 saturated heterocycles. The molecule has 0 saturated carbocycles. The molecule has 0 spiro atoms. The van der Waals surface area contributed by atoms with Gasteiger partial charge in [0, 0.05) is 11.4 Å². The molecule has 3 rings (SSSR count). The van der Waals surface area contributed by atoms with Crippen molar-refractivity contribution < 1.29 is 4.79 Å². The number of hydrogen-bond acceptors (Lipinski definition) is 6. The Morgan fingerprint density at radius 2 is 1.78 bits per heavy atom. The third-order valence-corrected chi connectivity index (χ3v) is 6.13. The zero-order valence-electron chi connectivity index (χ0n) is 15.8. The predicted octanol–water partition coefficient (Wildman–Crippen LogP) is 5.25. The van der Waals surface area contributed by atoms with Crippen LogP contribution in [-0.2, 0) is 4.79 Å². The van der Waals surface area contributed by atoms with Crippen LogP contribution in [0.15, 0.2) is 40.7 Å². The van der Waals surface area contributed by atoms with Crippen molar-refractivity contribution >= 4 is 45.5 Å². The molecule has 1 heterocycles. The second-order valence-corrected chi connectivity index (χ2v) is 8.65. The second kappa shape index (κ2) is 8.54. The van der Waals surface area contributed by atoms with Gasteiger partial charge >= 0.3 is 0 Å². The number of carbonyl (C=O) groups excluding carboxylic acids is 1. The molecule has 2 N–H and O–H groups in total. The first-order valence-electron chi connectivity index (χ1n) is 8.58. The van der Waals surface area contributed by atoms with Crippen molar-refractivity contribution in [2.75, 3.05) is 16.4 Å². The molecule has 7 heteroatoms. The number of benzene rings is 2. The highest BCUT2D eigenvalue weighted by Crippen LogP contribution is 2.28. The average molecular weight is 399 g/mol. The van der Waals surface area contributed by atoms with Crippen LogP contribution in [0.2, 0.25) is 0 Å². The third-order valence-electron chi connectivity index (χ3n) is 4.16. The van der Waals surface area contributed by atoms with E-state index in [-0.39, 0.29) is 5.91 Å². The van der Waals surface area contributed by atoms with Gasteiger partial charge in [0.2, 0.25) is 11.0 Å². The highest BCUT2D eigenvalue weighted by atomic mass is 32.2. The molecule has 0 aliphatic carbocycles. The third kappa shape index (κ3) is 5.30. The van der Waals surface area contributed by atoms with Gasteiger partial charge < -0.3 is 10.6 Å². The van der Waals surface area contributed by atoms with E-state index < -0.39 is 0 Å². The van der Waals surface area contributed by atoms with Gasteiger partial charge in [-0.2, -0.15) is 0 Å². The number of hydrogen-bond donors (Lipinski definition) is 2. The molecule has 3 aromatic rings. The molecule has 27 heavy (non-hydrogen) atoms. The molecular weight excluding hydrogens is 376 g/mol. The van der Waals surface area contributed by atoms with E-state index in [1.807, 2.05) is 38.1 Å². The molecule has 0 bridgehead atoms. The van der Waals surface area contributed by atoms with Crippen molar-refractivity contribution in [3.05, 3.63) is 58.7 Å². The maximum atomic E-state index is 12.2. The lowest BCUT2D eigenvalue weighted by molar-refractivity contribution is -0.113. The number of aromatic nitrogens is 2. The fourth-order valence-corrected chi connectivity index (χ4v) is 4.02. The van der Waals surface area contributed by atoms with Crippen LogP contribution < -0.4 is 10.6 Å². The first-order chi connectivity index (χ1) is 12.9. The number of thioether (sulfide) groups is 1. The van der Waals surface area contributed by atoms with Crippen LogP contribution >= 0.6 is 23.1 Å². The summed E-state index contributed by atoms with van der Waals surface area (Å²) < 4.78 is 0.762. The van der Waals surface area contributed by atoms with E-state index in [4.69, 9.17) is 0 Å². The maximum Gasteiger partial charge on any atom is 0.234 e. The predicted molar refractivity (Wildman–Crippen MR) is 114 cm³/mol. The molecule has 0 aliphatic heterocycles. The molecule has 2 aromatic carbocycles. The zero-order chi connectivity index (χ0) is 19.4. The largest absolute Gasteiger partial charge is 0.330 e. The summed E-state index contributed by atoms with van der Waals surface area (Å²) in [6.45, 7) is 8.16. The Morgan fingerprint density at radius 1 is 1.00 bits per heavy atom. The molecule has 140 valence electrons. The average Bonchev–Trinajstić information content (AvgIpc) is 3.07. The van der Waals surface area contributed by atoms with Crippen molar-refractivity contribution in [2.45, 2.75) is 32.0 Å². The lowest BCUT2D eigenvalue weighted by Crippen LogP contribution is -2.14. The molecule has 0 aliphatic rings.